The number of rotatable bonds is 7. The zero-order valence-electron chi connectivity index (χ0n) is 14.1. The number of nitrogens with two attached hydrogens (primary N) is 1. The van der Waals surface area contributed by atoms with Crippen molar-refractivity contribution in [1.29, 1.82) is 0 Å². The summed E-state index contributed by atoms with van der Waals surface area (Å²) in [5.74, 6) is -0.631. The highest BCUT2D eigenvalue weighted by Crippen LogP contribution is 2.29. The van der Waals surface area contributed by atoms with Gasteiger partial charge in [-0.1, -0.05) is 12.1 Å². The molecular weight excluding hydrogens is 502 g/mol. The Morgan fingerprint density at radius 3 is 2.61 bits per heavy atom. The molecule has 6 nitrogen and oxygen atoms in total. The van der Waals surface area contributed by atoms with Gasteiger partial charge >= 0.3 is 6.36 Å². The smallest absolute Gasteiger partial charge is 0.472 e. The van der Waals surface area contributed by atoms with Crippen LogP contribution in [0, 0.1) is 0 Å². The zero-order chi connectivity index (χ0) is 19.9. The molecule has 0 aliphatic rings. The minimum atomic E-state index is -4.85. The number of hydrogen-bond donors (Lipinski definition) is 2. The lowest BCUT2D eigenvalue weighted by Gasteiger charge is -2.14. The maximum absolute atomic E-state index is 12.4. The van der Waals surface area contributed by atoms with Crippen LogP contribution in [-0.2, 0) is 6.54 Å². The molecular formula is C16H16F5IN4O2. The number of guanidine groups is 1. The molecule has 154 valence electrons. The molecule has 0 aliphatic heterocycles. The van der Waals surface area contributed by atoms with Crippen LogP contribution < -0.4 is 20.5 Å². The standard InChI is InChI=1S/C16H15F5N4O2.HI/c17-13(18)9-26-14-7-10(5-6-23-14)8-24-15(22)25-11-3-1-2-4-12(11)27-16(19,20)21;/h1-7,13H,8-9H2,(H3,22,24,25);1H. The van der Waals surface area contributed by atoms with Crippen molar-refractivity contribution < 1.29 is 31.4 Å². The highest BCUT2D eigenvalue weighted by molar-refractivity contribution is 14.0. The number of hydrogen-bond acceptors (Lipinski definition) is 4. The molecule has 1 aromatic carbocycles. The van der Waals surface area contributed by atoms with Gasteiger partial charge in [-0.05, 0) is 23.8 Å². The first-order chi connectivity index (χ1) is 12.7. The lowest BCUT2D eigenvalue weighted by Crippen LogP contribution is -2.24. The first-order valence-electron chi connectivity index (χ1n) is 7.50. The molecule has 0 saturated carbocycles. The van der Waals surface area contributed by atoms with Crippen molar-refractivity contribution in [2.45, 2.75) is 19.3 Å². The number of anilines is 1. The third-order valence-electron chi connectivity index (χ3n) is 2.96. The van der Waals surface area contributed by atoms with E-state index in [4.69, 9.17) is 10.5 Å². The first kappa shape index (κ1) is 23.7. The van der Waals surface area contributed by atoms with Crippen molar-refractivity contribution >= 4 is 35.6 Å². The molecule has 2 rings (SSSR count). The number of halogens is 6. The molecule has 0 bridgehead atoms. The van der Waals surface area contributed by atoms with Crippen LogP contribution >= 0.6 is 24.0 Å². The van der Waals surface area contributed by atoms with Gasteiger partial charge in [-0.15, -0.1) is 37.1 Å². The molecule has 1 heterocycles. The molecule has 28 heavy (non-hydrogen) atoms. The third-order valence-corrected chi connectivity index (χ3v) is 2.96. The summed E-state index contributed by atoms with van der Waals surface area (Å²) < 4.78 is 70.2. The fourth-order valence-corrected chi connectivity index (χ4v) is 1.91. The van der Waals surface area contributed by atoms with E-state index >= 15 is 0 Å². The van der Waals surface area contributed by atoms with Crippen molar-refractivity contribution in [3.8, 4) is 11.6 Å². The number of nitrogens with zero attached hydrogens (tertiary/aromatic N) is 2. The SMILES string of the molecule is I.NC(=NCc1ccnc(OCC(F)F)c1)Nc1ccccc1OC(F)(F)F. The van der Waals surface area contributed by atoms with Gasteiger partial charge in [0, 0.05) is 12.3 Å². The minimum Gasteiger partial charge on any atom is -0.472 e. The fourth-order valence-electron chi connectivity index (χ4n) is 1.91. The van der Waals surface area contributed by atoms with Crippen LogP contribution in [0.3, 0.4) is 0 Å². The number of para-hydroxylation sites is 2. The van der Waals surface area contributed by atoms with Gasteiger partial charge in [-0.3, -0.25) is 0 Å². The van der Waals surface area contributed by atoms with Crippen LogP contribution in [0.1, 0.15) is 5.56 Å². The number of aromatic nitrogens is 1. The Morgan fingerprint density at radius 2 is 1.93 bits per heavy atom. The maximum atomic E-state index is 12.4. The van der Waals surface area contributed by atoms with Crippen molar-refractivity contribution in [1.82, 2.24) is 4.98 Å². The highest BCUT2D eigenvalue weighted by Gasteiger charge is 2.32. The number of aliphatic imine (C=N–C) groups is 1. The van der Waals surface area contributed by atoms with E-state index in [-0.39, 0.29) is 48.0 Å². The summed E-state index contributed by atoms with van der Waals surface area (Å²) in [7, 11) is 0. The molecule has 2 aromatic rings. The van der Waals surface area contributed by atoms with E-state index < -0.39 is 25.1 Å². The molecule has 0 unspecified atom stereocenters. The van der Waals surface area contributed by atoms with E-state index in [0.29, 0.717) is 5.56 Å². The molecule has 1 aromatic heterocycles. The van der Waals surface area contributed by atoms with Crippen LogP contribution in [-0.4, -0.2) is 30.3 Å². The van der Waals surface area contributed by atoms with E-state index in [1.54, 1.807) is 6.07 Å². The van der Waals surface area contributed by atoms with Crippen LogP contribution in [0.25, 0.3) is 0 Å². The van der Waals surface area contributed by atoms with Crippen LogP contribution in [0.4, 0.5) is 27.6 Å². The van der Waals surface area contributed by atoms with Gasteiger partial charge < -0.3 is 20.5 Å². The lowest BCUT2D eigenvalue weighted by atomic mass is 10.2. The largest absolute Gasteiger partial charge is 0.573 e. The second-order valence-electron chi connectivity index (χ2n) is 5.07. The van der Waals surface area contributed by atoms with Crippen molar-refractivity contribution in [3.05, 3.63) is 48.2 Å². The fraction of sp³-hybridized carbons (Fsp3) is 0.250. The van der Waals surface area contributed by atoms with Crippen molar-refractivity contribution in [2.24, 2.45) is 10.7 Å². The first-order valence-corrected chi connectivity index (χ1v) is 7.50. The van der Waals surface area contributed by atoms with Crippen molar-refractivity contribution in [3.63, 3.8) is 0 Å². The molecule has 0 fully saturated rings. The van der Waals surface area contributed by atoms with E-state index in [0.717, 1.165) is 6.07 Å². The summed E-state index contributed by atoms with van der Waals surface area (Å²) in [6.45, 7) is -0.770. The molecule has 0 saturated heterocycles. The van der Waals surface area contributed by atoms with Gasteiger partial charge in [0.1, 0.15) is 0 Å². The molecule has 0 radical (unpaired) electrons. The summed E-state index contributed by atoms with van der Waals surface area (Å²) in [6.07, 6.45) is -6.13. The third kappa shape index (κ3) is 8.54. The summed E-state index contributed by atoms with van der Waals surface area (Å²) >= 11 is 0. The van der Waals surface area contributed by atoms with Crippen LogP contribution in [0.2, 0.25) is 0 Å². The van der Waals surface area contributed by atoms with Crippen LogP contribution in [0.15, 0.2) is 47.6 Å². The predicted molar refractivity (Wildman–Crippen MR) is 103 cm³/mol. The second kappa shape index (κ2) is 10.8. The van der Waals surface area contributed by atoms with Crippen molar-refractivity contribution in [2.75, 3.05) is 11.9 Å². The van der Waals surface area contributed by atoms with Gasteiger partial charge in [0.15, 0.2) is 18.3 Å². The average Bonchev–Trinajstić information content (AvgIpc) is 2.59. The number of ether oxygens (including phenoxy) is 2. The van der Waals surface area contributed by atoms with Gasteiger partial charge in [-0.25, -0.2) is 18.8 Å². The normalized spacial score (nSPS) is 11.7. The maximum Gasteiger partial charge on any atom is 0.573 e. The number of pyridine rings is 1. The van der Waals surface area contributed by atoms with Gasteiger partial charge in [0.05, 0.1) is 12.2 Å². The van der Waals surface area contributed by atoms with Crippen LogP contribution in [0.5, 0.6) is 11.6 Å². The lowest BCUT2D eigenvalue weighted by molar-refractivity contribution is -0.274. The quantitative estimate of drug-likeness (QED) is 0.249. The second-order valence-corrected chi connectivity index (χ2v) is 5.07. The molecule has 3 N–H and O–H groups in total. The van der Waals surface area contributed by atoms with E-state index in [9.17, 15) is 22.0 Å². The monoisotopic (exact) mass is 518 g/mol. The molecule has 0 aliphatic carbocycles. The predicted octanol–water partition coefficient (Wildman–Crippen LogP) is 4.17. The summed E-state index contributed by atoms with van der Waals surface area (Å²) in [5.41, 5.74) is 6.21. The Kier molecular flexibility index (Phi) is 9.15. The number of nitrogens with one attached hydrogen (secondary N) is 1. The van der Waals surface area contributed by atoms with Gasteiger partial charge in [0.25, 0.3) is 6.43 Å². The molecule has 0 spiro atoms. The minimum absolute atomic E-state index is 0. The van der Waals surface area contributed by atoms with Gasteiger partial charge in [0.2, 0.25) is 5.88 Å². The average molecular weight is 518 g/mol. The Bertz CT molecular complexity index is 790. The Labute approximate surface area is 174 Å². The Balaban J connectivity index is 0.00000392. The van der Waals surface area contributed by atoms with Gasteiger partial charge in [-0.2, -0.15) is 0 Å². The zero-order valence-corrected chi connectivity index (χ0v) is 16.4. The number of benzene rings is 1. The summed E-state index contributed by atoms with van der Waals surface area (Å²) in [5, 5.41) is 2.51. The molecule has 0 atom stereocenters. The van der Waals surface area contributed by atoms with E-state index in [2.05, 4.69) is 20.0 Å². The number of alkyl halides is 5. The molecule has 0 amide bonds. The summed E-state index contributed by atoms with van der Waals surface area (Å²) in [6, 6.07) is 8.29. The molecule has 12 heteroatoms. The van der Waals surface area contributed by atoms with E-state index in [1.165, 1.54) is 30.5 Å². The Hall–Kier alpha value is -2.38. The Morgan fingerprint density at radius 1 is 1.21 bits per heavy atom. The van der Waals surface area contributed by atoms with E-state index in [1.807, 2.05) is 0 Å². The highest BCUT2D eigenvalue weighted by atomic mass is 127. The summed E-state index contributed by atoms with van der Waals surface area (Å²) in [4.78, 5) is 7.76. The topological polar surface area (TPSA) is 81.8 Å².